The first-order chi connectivity index (χ1) is 16.9. The third-order valence-corrected chi connectivity index (χ3v) is 6.29. The van der Waals surface area contributed by atoms with Crippen molar-refractivity contribution in [1.29, 1.82) is 0 Å². The van der Waals surface area contributed by atoms with E-state index >= 15 is 4.39 Å². The zero-order valence-electron chi connectivity index (χ0n) is 19.1. The Hall–Kier alpha value is -4.00. The van der Waals surface area contributed by atoms with Gasteiger partial charge in [-0.05, 0) is 25.8 Å². The van der Waals surface area contributed by atoms with E-state index in [2.05, 4.69) is 31.0 Å². The van der Waals surface area contributed by atoms with Gasteiger partial charge in [-0.25, -0.2) is 18.7 Å². The summed E-state index contributed by atoms with van der Waals surface area (Å²) in [6, 6.07) is 3.47. The average Bonchev–Trinajstić information content (AvgIpc) is 3.34. The second-order valence-corrected chi connectivity index (χ2v) is 9.20. The van der Waals surface area contributed by atoms with Gasteiger partial charge in [0, 0.05) is 30.4 Å². The molecule has 0 spiro atoms. The number of aromatic nitrogens is 7. The van der Waals surface area contributed by atoms with E-state index in [4.69, 9.17) is 14.5 Å². The topological polar surface area (TPSA) is 136 Å². The Labute approximate surface area is 198 Å². The minimum Gasteiger partial charge on any atom is -0.441 e. The number of rotatable bonds is 6. The molecule has 1 saturated heterocycles. The first-order valence-corrected chi connectivity index (χ1v) is 11.3. The fourth-order valence-corrected chi connectivity index (χ4v) is 4.04. The number of hydrogen-bond acceptors (Lipinski definition) is 8. The maximum Gasteiger partial charge on any atom is 0.408 e. The second kappa shape index (κ2) is 8.05. The van der Waals surface area contributed by atoms with Crippen molar-refractivity contribution in [3.8, 4) is 11.3 Å². The van der Waals surface area contributed by atoms with E-state index in [0.717, 1.165) is 23.9 Å². The van der Waals surface area contributed by atoms with E-state index in [1.54, 1.807) is 27.7 Å². The highest BCUT2D eigenvalue weighted by molar-refractivity contribution is 5.75. The fourth-order valence-electron chi connectivity index (χ4n) is 4.04. The Bertz CT molecular complexity index is 1390. The molecule has 1 aliphatic carbocycles. The molecule has 2 fully saturated rings. The molecule has 4 aromatic rings. The first-order valence-electron chi connectivity index (χ1n) is 11.3. The van der Waals surface area contributed by atoms with E-state index in [1.807, 2.05) is 32.4 Å². The number of hydrogen-bond donors (Lipinski definition) is 3. The van der Waals surface area contributed by atoms with E-state index in [9.17, 15) is 4.79 Å². The van der Waals surface area contributed by atoms with E-state index in [1.165, 1.54) is 0 Å². The lowest BCUT2D eigenvalue weighted by Gasteiger charge is -2.17. The molecule has 182 valence electrons. The largest absolute Gasteiger partial charge is 0.441 e. The van der Waals surface area contributed by atoms with Crippen LogP contribution < -0.4 is 10.6 Å². The third-order valence-electron chi connectivity index (χ3n) is 6.29. The number of H-pyrrole nitrogens is 1. The lowest BCUT2D eigenvalue weighted by molar-refractivity contribution is 0.0604. The zero-order chi connectivity index (χ0) is 24.2. The quantitative estimate of drug-likeness (QED) is 0.382. The number of ether oxygens (including phenoxy) is 2. The summed E-state index contributed by atoms with van der Waals surface area (Å²) in [6.07, 6.45) is 4.75. The van der Waals surface area contributed by atoms with Gasteiger partial charge in [-0.1, -0.05) is 0 Å². The van der Waals surface area contributed by atoms with Crippen LogP contribution in [0.5, 0.6) is 0 Å². The average molecular weight is 481 g/mol. The number of alkyl carbamates (subject to hydrolysis) is 1. The Balaban J connectivity index is 1.18. The highest BCUT2D eigenvalue weighted by Crippen LogP contribution is 2.36. The number of nitrogens with one attached hydrogen (secondary N) is 3. The van der Waals surface area contributed by atoms with Gasteiger partial charge in [-0.3, -0.25) is 9.78 Å². The maximum absolute atomic E-state index is 15.1. The van der Waals surface area contributed by atoms with Crippen LogP contribution in [0.25, 0.3) is 16.8 Å². The van der Waals surface area contributed by atoms with Crippen molar-refractivity contribution in [2.75, 3.05) is 11.9 Å². The molecular formula is C22H24FN9O3. The molecule has 1 saturated carbocycles. The lowest BCUT2D eigenvalue weighted by Crippen LogP contribution is -2.39. The predicted molar refractivity (Wildman–Crippen MR) is 122 cm³/mol. The van der Waals surface area contributed by atoms with Crippen molar-refractivity contribution in [1.82, 2.24) is 39.9 Å². The molecule has 0 aromatic carbocycles. The number of fused-ring (bicyclic) bond motifs is 1. The highest BCUT2D eigenvalue weighted by Gasteiger charge is 2.44. The van der Waals surface area contributed by atoms with E-state index in [-0.39, 0.29) is 12.1 Å². The molecule has 1 amide bonds. The van der Waals surface area contributed by atoms with Gasteiger partial charge in [-0.15, -0.1) is 0 Å². The van der Waals surface area contributed by atoms with E-state index < -0.39 is 24.5 Å². The van der Waals surface area contributed by atoms with Crippen molar-refractivity contribution in [2.24, 2.45) is 7.05 Å². The molecule has 35 heavy (non-hydrogen) atoms. The minimum absolute atomic E-state index is 0.0388. The van der Waals surface area contributed by atoms with Gasteiger partial charge in [0.25, 0.3) is 0 Å². The molecule has 0 bridgehead atoms. The monoisotopic (exact) mass is 481 g/mol. The smallest absolute Gasteiger partial charge is 0.408 e. The lowest BCUT2D eigenvalue weighted by atomic mass is 10.1. The SMILES string of the molecule is Cn1cc(-c2cn3nccc3c(Nc3cc([C@H]4OC[C@@H](OC(=O)NC5(C)CC5)[C@H]4F)[nH]n3)n2)cn1. The summed E-state index contributed by atoms with van der Waals surface area (Å²) in [6.45, 7) is 1.89. The van der Waals surface area contributed by atoms with Crippen LogP contribution in [-0.2, 0) is 16.5 Å². The molecule has 0 radical (unpaired) electrons. The predicted octanol–water partition coefficient (Wildman–Crippen LogP) is 2.65. The maximum atomic E-state index is 15.1. The number of nitrogens with zero attached hydrogens (tertiary/aromatic N) is 6. The summed E-state index contributed by atoms with van der Waals surface area (Å²) in [4.78, 5) is 16.8. The molecule has 13 heteroatoms. The van der Waals surface area contributed by atoms with Crippen molar-refractivity contribution < 1.29 is 18.7 Å². The number of aryl methyl sites for hydroxylation is 1. The van der Waals surface area contributed by atoms with Gasteiger partial charge in [0.1, 0.15) is 11.6 Å². The molecular weight excluding hydrogens is 457 g/mol. The number of carbonyl (C=O) groups excluding carboxylic acids is 1. The Morgan fingerprint density at radius 3 is 2.97 bits per heavy atom. The van der Waals surface area contributed by atoms with Crippen LogP contribution in [-0.4, -0.2) is 65.1 Å². The first kappa shape index (κ1) is 21.5. The van der Waals surface area contributed by atoms with E-state index in [0.29, 0.717) is 23.0 Å². The normalized spacial score (nSPS) is 22.9. The van der Waals surface area contributed by atoms with Crippen molar-refractivity contribution in [3.05, 3.63) is 42.6 Å². The Morgan fingerprint density at radius 2 is 2.20 bits per heavy atom. The van der Waals surface area contributed by atoms with Crippen LogP contribution in [0.2, 0.25) is 0 Å². The molecule has 5 heterocycles. The Morgan fingerprint density at radius 1 is 1.34 bits per heavy atom. The van der Waals surface area contributed by atoms with Crippen molar-refractivity contribution >= 4 is 23.2 Å². The summed E-state index contributed by atoms with van der Waals surface area (Å²) in [7, 11) is 1.83. The van der Waals surface area contributed by atoms with Gasteiger partial charge in [-0.2, -0.15) is 15.3 Å². The summed E-state index contributed by atoms with van der Waals surface area (Å²) in [5, 5.41) is 21.5. The van der Waals surface area contributed by atoms with Gasteiger partial charge in [0.15, 0.2) is 23.9 Å². The number of halogens is 1. The van der Waals surface area contributed by atoms with Gasteiger partial charge in [0.2, 0.25) is 0 Å². The minimum atomic E-state index is -1.53. The molecule has 0 unspecified atom stereocenters. The molecule has 3 atom stereocenters. The Kier molecular flexibility index (Phi) is 4.95. The number of amides is 1. The third kappa shape index (κ3) is 4.18. The molecule has 12 nitrogen and oxygen atoms in total. The molecule has 6 rings (SSSR count). The summed E-state index contributed by atoms with van der Waals surface area (Å²) in [5.41, 5.74) is 2.43. The van der Waals surface area contributed by atoms with Crippen LogP contribution in [0.15, 0.2) is 36.9 Å². The number of carbonyl (C=O) groups is 1. The molecule has 2 aliphatic rings. The van der Waals surface area contributed by atoms with Crippen LogP contribution in [0.1, 0.15) is 31.6 Å². The summed E-state index contributed by atoms with van der Waals surface area (Å²) < 4.78 is 29.3. The molecule has 3 N–H and O–H groups in total. The standard InChI is InChI=1S/C22H24FN9O3/c1-22(4-5-22)28-21(33)35-16-11-34-19(18(16)23)13-7-17(30-29-13)27-20-15-3-6-24-32(15)10-14(26-20)12-8-25-31(2)9-12/h3,6-10,16,18-19H,4-5,11H2,1-2H3,(H,28,33)(H2,26,27,29,30)/t16-,18-,19-/m1/s1. The van der Waals surface area contributed by atoms with Crippen molar-refractivity contribution in [2.45, 2.75) is 43.7 Å². The number of anilines is 2. The van der Waals surface area contributed by atoms with Gasteiger partial charge in [0.05, 0.1) is 36.6 Å². The zero-order valence-corrected chi connectivity index (χ0v) is 19.1. The summed E-state index contributed by atoms with van der Waals surface area (Å²) >= 11 is 0. The second-order valence-electron chi connectivity index (χ2n) is 9.20. The highest BCUT2D eigenvalue weighted by atomic mass is 19.1. The van der Waals surface area contributed by atoms with Crippen LogP contribution in [0, 0.1) is 0 Å². The van der Waals surface area contributed by atoms with Crippen molar-refractivity contribution in [3.63, 3.8) is 0 Å². The fraction of sp³-hybridized carbons (Fsp3) is 0.409. The number of alkyl halides is 1. The van der Waals surface area contributed by atoms with Gasteiger partial charge >= 0.3 is 6.09 Å². The van der Waals surface area contributed by atoms with Gasteiger partial charge < -0.3 is 20.1 Å². The molecule has 1 aliphatic heterocycles. The number of aromatic amines is 1. The molecule has 4 aromatic heterocycles. The van der Waals surface area contributed by atoms with Crippen LogP contribution >= 0.6 is 0 Å². The summed E-state index contributed by atoms with van der Waals surface area (Å²) in [5.74, 6) is 0.955. The van der Waals surface area contributed by atoms with Crippen LogP contribution in [0.3, 0.4) is 0 Å². The van der Waals surface area contributed by atoms with Crippen LogP contribution in [0.4, 0.5) is 20.8 Å².